The average Bonchev–Trinajstić information content (AvgIpc) is 2.79. The van der Waals surface area contributed by atoms with Crippen LogP contribution in [0.1, 0.15) is 49.7 Å². The summed E-state index contributed by atoms with van der Waals surface area (Å²) in [6, 6.07) is 15.0. The second-order valence-corrected chi connectivity index (χ2v) is 8.96. The van der Waals surface area contributed by atoms with Gasteiger partial charge in [0.05, 0.1) is 12.0 Å². The first-order chi connectivity index (χ1) is 15.1. The summed E-state index contributed by atoms with van der Waals surface area (Å²) in [5.74, 6) is 0.926. The minimum absolute atomic E-state index is 0.175. The largest absolute Gasteiger partial charge is 0.491 e. The summed E-state index contributed by atoms with van der Waals surface area (Å²) in [6.45, 7) is 3.49. The Kier molecular flexibility index (Phi) is 7.23. The van der Waals surface area contributed by atoms with Crippen LogP contribution in [0.3, 0.4) is 0 Å². The Morgan fingerprint density at radius 2 is 1.84 bits per heavy atom. The number of nitrogens with zero attached hydrogens (tertiary/aromatic N) is 1. The van der Waals surface area contributed by atoms with Gasteiger partial charge in [-0.05, 0) is 74.5 Å². The van der Waals surface area contributed by atoms with Gasteiger partial charge in [-0.3, -0.25) is 9.69 Å². The molecule has 0 radical (unpaired) electrons. The summed E-state index contributed by atoms with van der Waals surface area (Å²) in [6.07, 6.45) is 6.98. The van der Waals surface area contributed by atoms with Gasteiger partial charge < -0.3 is 10.1 Å². The Morgan fingerprint density at radius 3 is 2.68 bits per heavy atom. The van der Waals surface area contributed by atoms with E-state index in [-0.39, 0.29) is 17.1 Å². The van der Waals surface area contributed by atoms with Crippen LogP contribution in [-0.4, -0.2) is 37.0 Å². The van der Waals surface area contributed by atoms with Gasteiger partial charge in [0.25, 0.3) is 0 Å². The minimum Gasteiger partial charge on any atom is -0.491 e. The summed E-state index contributed by atoms with van der Waals surface area (Å²) in [5, 5.41) is 3.15. The number of nitrogens with one attached hydrogen (secondary N) is 1. The second kappa shape index (κ2) is 10.3. The van der Waals surface area contributed by atoms with E-state index in [4.69, 9.17) is 4.74 Å². The number of halogens is 1. The molecule has 0 unspecified atom stereocenters. The van der Waals surface area contributed by atoms with E-state index < -0.39 is 0 Å². The quantitative estimate of drug-likeness (QED) is 0.759. The summed E-state index contributed by atoms with van der Waals surface area (Å²) in [5.41, 5.74) is 1.96. The first-order valence-corrected chi connectivity index (χ1v) is 11.6. The molecule has 0 aliphatic carbocycles. The number of piperidine rings is 1. The molecule has 1 amide bonds. The van der Waals surface area contributed by atoms with E-state index in [1.807, 2.05) is 18.2 Å². The normalized spacial score (nSPS) is 20.5. The van der Waals surface area contributed by atoms with Crippen LogP contribution < -0.4 is 10.1 Å². The van der Waals surface area contributed by atoms with E-state index in [0.717, 1.165) is 75.9 Å². The molecule has 2 aliphatic heterocycles. The molecule has 1 saturated heterocycles. The predicted octanol–water partition coefficient (Wildman–Crippen LogP) is 4.72. The molecule has 0 aromatic heterocycles. The number of ether oxygens (including phenoxy) is 1. The molecule has 166 valence electrons. The Balaban J connectivity index is 1.37. The smallest absolute Gasteiger partial charge is 0.226 e. The summed E-state index contributed by atoms with van der Waals surface area (Å²) in [4.78, 5) is 15.6. The lowest BCUT2D eigenvalue weighted by molar-refractivity contribution is -0.134. The molecule has 1 N–H and O–H groups in total. The van der Waals surface area contributed by atoms with Gasteiger partial charge in [0.2, 0.25) is 5.91 Å². The molecule has 1 spiro atoms. The van der Waals surface area contributed by atoms with E-state index in [0.29, 0.717) is 13.2 Å². The third-order valence-corrected chi connectivity index (χ3v) is 6.81. The topological polar surface area (TPSA) is 41.6 Å². The highest BCUT2D eigenvalue weighted by Gasteiger charge is 2.40. The van der Waals surface area contributed by atoms with Crippen molar-refractivity contribution in [3.8, 4) is 5.75 Å². The van der Waals surface area contributed by atoms with E-state index in [1.165, 1.54) is 11.6 Å². The van der Waals surface area contributed by atoms with E-state index >= 15 is 0 Å². The van der Waals surface area contributed by atoms with E-state index in [2.05, 4.69) is 22.3 Å². The fourth-order valence-electron chi connectivity index (χ4n) is 4.94. The van der Waals surface area contributed by atoms with Crippen LogP contribution in [0.2, 0.25) is 0 Å². The summed E-state index contributed by atoms with van der Waals surface area (Å²) in [7, 11) is 0. The van der Waals surface area contributed by atoms with Crippen LogP contribution in [0, 0.1) is 11.2 Å². The van der Waals surface area contributed by atoms with Gasteiger partial charge in [-0.25, -0.2) is 4.39 Å². The molecule has 4 rings (SSSR count). The molecule has 2 aliphatic rings. The van der Waals surface area contributed by atoms with Crippen molar-refractivity contribution in [2.45, 2.75) is 51.5 Å². The van der Waals surface area contributed by atoms with Crippen LogP contribution in [0.4, 0.5) is 4.39 Å². The van der Waals surface area contributed by atoms with Gasteiger partial charge in [0.15, 0.2) is 0 Å². The number of hydrogen-bond donors (Lipinski definition) is 1. The highest BCUT2D eigenvalue weighted by atomic mass is 19.1. The number of para-hydroxylation sites is 1. The van der Waals surface area contributed by atoms with Gasteiger partial charge in [-0.15, -0.1) is 0 Å². The highest BCUT2D eigenvalue weighted by Crippen LogP contribution is 2.38. The maximum absolute atomic E-state index is 13.5. The van der Waals surface area contributed by atoms with E-state index in [1.54, 1.807) is 12.1 Å². The van der Waals surface area contributed by atoms with Crippen molar-refractivity contribution in [1.29, 1.82) is 0 Å². The summed E-state index contributed by atoms with van der Waals surface area (Å²) < 4.78 is 19.5. The molecule has 2 aromatic carbocycles. The van der Waals surface area contributed by atoms with Gasteiger partial charge in [-0.2, -0.15) is 0 Å². The number of carbonyl (C=O) groups excluding carboxylic acids is 1. The molecule has 4 nitrogen and oxygen atoms in total. The first kappa shape index (κ1) is 21.8. The molecule has 0 saturated carbocycles. The zero-order valence-electron chi connectivity index (χ0n) is 18.2. The van der Waals surface area contributed by atoms with Gasteiger partial charge >= 0.3 is 0 Å². The molecule has 0 bridgehead atoms. The number of benzene rings is 2. The highest BCUT2D eigenvalue weighted by molar-refractivity contribution is 5.82. The number of fused-ring (bicyclic) bond motifs is 1. The lowest BCUT2D eigenvalue weighted by Gasteiger charge is -2.41. The molecule has 31 heavy (non-hydrogen) atoms. The number of likely N-dealkylation sites (tertiary alicyclic amines) is 1. The fraction of sp³-hybridized carbons (Fsp3) is 0.500. The predicted molar refractivity (Wildman–Crippen MR) is 120 cm³/mol. The molecule has 2 heterocycles. The maximum Gasteiger partial charge on any atom is 0.226 e. The van der Waals surface area contributed by atoms with Gasteiger partial charge in [0, 0.05) is 6.54 Å². The number of amides is 1. The fourth-order valence-corrected chi connectivity index (χ4v) is 4.94. The SMILES string of the molecule is O=C1NCCOc2ccccc2CCCCCC12CCN(Cc1cccc(F)c1)CC2. The van der Waals surface area contributed by atoms with Crippen LogP contribution in [0.25, 0.3) is 0 Å². The first-order valence-electron chi connectivity index (χ1n) is 11.6. The van der Waals surface area contributed by atoms with Crippen LogP contribution in [0.15, 0.2) is 48.5 Å². The third-order valence-electron chi connectivity index (χ3n) is 6.81. The number of hydrogen-bond acceptors (Lipinski definition) is 3. The Labute approximate surface area is 184 Å². The minimum atomic E-state index is -0.292. The van der Waals surface area contributed by atoms with Crippen molar-refractivity contribution < 1.29 is 13.9 Å². The lowest BCUT2D eigenvalue weighted by Crippen LogP contribution is -2.49. The standard InChI is InChI=1S/C26H33FN2O2/c27-23-10-6-7-21(19-23)20-29-16-13-26(14-17-29)12-5-1-2-8-22-9-3-4-11-24(22)31-18-15-28-25(26)30/h3-4,6-7,9-11,19H,1-2,5,8,12-18,20H2,(H,28,30). The number of aryl methyl sites for hydroxylation is 1. The van der Waals surface area contributed by atoms with Gasteiger partial charge in [0.1, 0.15) is 18.2 Å². The second-order valence-electron chi connectivity index (χ2n) is 8.96. The zero-order valence-corrected chi connectivity index (χ0v) is 18.2. The van der Waals surface area contributed by atoms with Crippen molar-refractivity contribution in [3.05, 3.63) is 65.5 Å². The molecule has 5 heteroatoms. The average molecular weight is 425 g/mol. The lowest BCUT2D eigenvalue weighted by atomic mass is 9.73. The van der Waals surface area contributed by atoms with Crippen LogP contribution in [0.5, 0.6) is 5.75 Å². The van der Waals surface area contributed by atoms with Crippen molar-refractivity contribution >= 4 is 5.91 Å². The van der Waals surface area contributed by atoms with Crippen molar-refractivity contribution in [1.82, 2.24) is 10.2 Å². The number of rotatable bonds is 2. The molecular formula is C26H33FN2O2. The number of carbonyl (C=O) groups is 1. The third kappa shape index (κ3) is 5.65. The van der Waals surface area contributed by atoms with Crippen molar-refractivity contribution in [3.63, 3.8) is 0 Å². The monoisotopic (exact) mass is 424 g/mol. The van der Waals surface area contributed by atoms with Gasteiger partial charge in [-0.1, -0.05) is 43.2 Å². The Morgan fingerprint density at radius 1 is 1.00 bits per heavy atom. The maximum atomic E-state index is 13.5. The molecule has 1 fully saturated rings. The Hall–Kier alpha value is -2.40. The zero-order chi connectivity index (χ0) is 21.5. The van der Waals surface area contributed by atoms with Crippen molar-refractivity contribution in [2.24, 2.45) is 5.41 Å². The van der Waals surface area contributed by atoms with E-state index in [9.17, 15) is 9.18 Å². The molecule has 2 aromatic rings. The molecule has 0 atom stereocenters. The van der Waals surface area contributed by atoms with Crippen molar-refractivity contribution in [2.75, 3.05) is 26.2 Å². The Bertz CT molecular complexity index is 877. The summed E-state index contributed by atoms with van der Waals surface area (Å²) >= 11 is 0. The van der Waals surface area contributed by atoms with Crippen LogP contribution in [-0.2, 0) is 17.8 Å². The van der Waals surface area contributed by atoms with Crippen LogP contribution >= 0.6 is 0 Å². The molecular weight excluding hydrogens is 391 g/mol.